The summed E-state index contributed by atoms with van der Waals surface area (Å²) < 4.78 is 5.40. The van der Waals surface area contributed by atoms with Gasteiger partial charge in [0, 0.05) is 18.8 Å². The molecule has 2 aliphatic rings. The van der Waals surface area contributed by atoms with E-state index in [1.54, 1.807) is 23.1 Å². The van der Waals surface area contributed by atoms with E-state index < -0.39 is 18.1 Å². The zero-order chi connectivity index (χ0) is 18.4. The Hall–Kier alpha value is -2.06. The standard InChI is InChI=1S/C17H23BN2O5/c1-16(2,3)25-15(22)20-8-6-17(7-9-20)12-5-4-11(18(23)24)10-13(12)19-14(17)21/h4-5,10,23-24H,6-9H2,1-3H3,(H,19,21). The average molecular weight is 346 g/mol. The third-order valence-corrected chi connectivity index (χ3v) is 4.81. The summed E-state index contributed by atoms with van der Waals surface area (Å²) in [5.41, 5.74) is 0.576. The average Bonchev–Trinajstić information content (AvgIpc) is 2.78. The molecule has 0 aromatic heterocycles. The van der Waals surface area contributed by atoms with E-state index in [4.69, 9.17) is 4.74 Å². The quantitative estimate of drug-likeness (QED) is 0.647. The maximum atomic E-state index is 12.6. The van der Waals surface area contributed by atoms with Gasteiger partial charge >= 0.3 is 13.2 Å². The van der Waals surface area contributed by atoms with Gasteiger partial charge in [-0.05, 0) is 50.7 Å². The van der Waals surface area contributed by atoms with E-state index in [-0.39, 0.29) is 12.0 Å². The zero-order valence-electron chi connectivity index (χ0n) is 14.7. The number of anilines is 1. The van der Waals surface area contributed by atoms with Crippen molar-refractivity contribution in [1.29, 1.82) is 0 Å². The van der Waals surface area contributed by atoms with Crippen molar-refractivity contribution in [2.24, 2.45) is 0 Å². The van der Waals surface area contributed by atoms with Crippen LogP contribution in [0.2, 0.25) is 0 Å². The van der Waals surface area contributed by atoms with Gasteiger partial charge in [0.1, 0.15) is 5.60 Å². The number of hydrogen-bond donors (Lipinski definition) is 3. The van der Waals surface area contributed by atoms with Crippen molar-refractivity contribution in [2.45, 2.75) is 44.6 Å². The number of carbonyl (C=O) groups is 2. The van der Waals surface area contributed by atoms with Crippen molar-refractivity contribution in [2.75, 3.05) is 18.4 Å². The molecule has 7 nitrogen and oxygen atoms in total. The number of amides is 2. The van der Waals surface area contributed by atoms with Crippen LogP contribution in [0.5, 0.6) is 0 Å². The maximum Gasteiger partial charge on any atom is 0.488 e. The third kappa shape index (κ3) is 3.24. The van der Waals surface area contributed by atoms with E-state index >= 15 is 0 Å². The Morgan fingerprint density at radius 3 is 2.48 bits per heavy atom. The number of hydrogen-bond acceptors (Lipinski definition) is 5. The number of piperidine rings is 1. The lowest BCUT2D eigenvalue weighted by Gasteiger charge is -2.38. The minimum absolute atomic E-state index is 0.101. The summed E-state index contributed by atoms with van der Waals surface area (Å²) in [6.45, 7) is 6.34. The summed E-state index contributed by atoms with van der Waals surface area (Å²) in [7, 11) is -1.58. The highest BCUT2D eigenvalue weighted by molar-refractivity contribution is 6.58. The summed E-state index contributed by atoms with van der Waals surface area (Å²) in [6.07, 6.45) is 0.651. The topological polar surface area (TPSA) is 99.1 Å². The fraction of sp³-hybridized carbons (Fsp3) is 0.529. The van der Waals surface area contributed by atoms with E-state index in [9.17, 15) is 19.6 Å². The number of nitrogens with one attached hydrogen (secondary N) is 1. The van der Waals surface area contributed by atoms with E-state index in [0.717, 1.165) is 5.56 Å². The monoisotopic (exact) mass is 346 g/mol. The minimum Gasteiger partial charge on any atom is -0.444 e. The summed E-state index contributed by atoms with van der Waals surface area (Å²) >= 11 is 0. The lowest BCUT2D eigenvalue weighted by atomic mass is 9.72. The molecule has 2 heterocycles. The van der Waals surface area contributed by atoms with E-state index in [2.05, 4.69) is 5.32 Å². The van der Waals surface area contributed by atoms with Gasteiger partial charge in [0.15, 0.2) is 0 Å². The lowest BCUT2D eigenvalue weighted by Crippen LogP contribution is -2.49. The molecule has 1 fully saturated rings. The van der Waals surface area contributed by atoms with Crippen molar-refractivity contribution in [3.8, 4) is 0 Å². The summed E-state index contributed by atoms with van der Waals surface area (Å²) in [4.78, 5) is 26.5. The van der Waals surface area contributed by atoms with Gasteiger partial charge in [0.2, 0.25) is 5.91 Å². The predicted octanol–water partition coefficient (Wildman–Crippen LogP) is 0.587. The first-order valence-electron chi connectivity index (χ1n) is 8.42. The number of fused-ring (bicyclic) bond motifs is 2. The molecule has 0 bridgehead atoms. The molecule has 1 aromatic rings. The Bertz CT molecular complexity index is 705. The smallest absolute Gasteiger partial charge is 0.444 e. The fourth-order valence-electron chi connectivity index (χ4n) is 3.50. The van der Waals surface area contributed by atoms with Gasteiger partial charge < -0.3 is 25.0 Å². The van der Waals surface area contributed by atoms with Crippen LogP contribution >= 0.6 is 0 Å². The van der Waals surface area contributed by atoms with Crippen LogP contribution in [0.15, 0.2) is 18.2 Å². The van der Waals surface area contributed by atoms with Crippen molar-refractivity contribution in [3.05, 3.63) is 23.8 Å². The van der Waals surface area contributed by atoms with Crippen LogP contribution < -0.4 is 10.8 Å². The third-order valence-electron chi connectivity index (χ3n) is 4.81. The molecule has 0 saturated carbocycles. The number of nitrogens with zero attached hydrogens (tertiary/aromatic N) is 1. The van der Waals surface area contributed by atoms with E-state index in [1.807, 2.05) is 20.8 Å². The van der Waals surface area contributed by atoms with Crippen LogP contribution in [0.4, 0.5) is 10.5 Å². The van der Waals surface area contributed by atoms with Gasteiger partial charge in [-0.15, -0.1) is 0 Å². The number of ether oxygens (including phenoxy) is 1. The van der Waals surface area contributed by atoms with Crippen LogP contribution in [-0.2, 0) is 14.9 Å². The molecule has 134 valence electrons. The molecule has 1 aromatic carbocycles. The van der Waals surface area contributed by atoms with Crippen molar-refractivity contribution >= 4 is 30.3 Å². The second kappa shape index (κ2) is 6.03. The molecule has 0 atom stereocenters. The normalized spacial score (nSPS) is 18.8. The molecule has 25 heavy (non-hydrogen) atoms. The Morgan fingerprint density at radius 2 is 1.92 bits per heavy atom. The van der Waals surface area contributed by atoms with Gasteiger partial charge in [-0.2, -0.15) is 0 Å². The van der Waals surface area contributed by atoms with Crippen LogP contribution in [0.3, 0.4) is 0 Å². The molecular weight excluding hydrogens is 323 g/mol. The second-order valence-electron chi connectivity index (χ2n) is 7.68. The molecule has 0 aliphatic carbocycles. The number of carbonyl (C=O) groups excluding carboxylic acids is 2. The molecule has 1 saturated heterocycles. The molecule has 0 unspecified atom stereocenters. The summed E-state index contributed by atoms with van der Waals surface area (Å²) in [5, 5.41) is 21.4. The molecule has 0 radical (unpaired) electrons. The first kappa shape index (κ1) is 17.8. The highest BCUT2D eigenvalue weighted by Crippen LogP contribution is 2.44. The number of benzene rings is 1. The highest BCUT2D eigenvalue weighted by Gasteiger charge is 2.49. The molecule has 8 heteroatoms. The predicted molar refractivity (Wildman–Crippen MR) is 93.6 cm³/mol. The SMILES string of the molecule is CC(C)(C)OC(=O)N1CCC2(CC1)C(=O)Nc1cc(B(O)O)ccc12. The molecule has 3 N–H and O–H groups in total. The number of rotatable bonds is 1. The highest BCUT2D eigenvalue weighted by atomic mass is 16.6. The number of likely N-dealkylation sites (tertiary alicyclic amines) is 1. The van der Waals surface area contributed by atoms with Crippen LogP contribution in [-0.4, -0.2) is 52.8 Å². The van der Waals surface area contributed by atoms with Crippen molar-refractivity contribution in [3.63, 3.8) is 0 Å². The van der Waals surface area contributed by atoms with Gasteiger partial charge in [-0.25, -0.2) is 4.79 Å². The van der Waals surface area contributed by atoms with Crippen LogP contribution in [0, 0.1) is 0 Å². The van der Waals surface area contributed by atoms with Crippen LogP contribution in [0.1, 0.15) is 39.2 Å². The molecular formula is C17H23BN2O5. The first-order valence-corrected chi connectivity index (χ1v) is 8.42. The Labute approximate surface area is 147 Å². The van der Waals surface area contributed by atoms with E-state index in [1.165, 1.54) is 0 Å². The van der Waals surface area contributed by atoms with Gasteiger partial charge in [0.25, 0.3) is 0 Å². The Kier molecular flexibility index (Phi) is 4.29. The lowest BCUT2D eigenvalue weighted by molar-refractivity contribution is -0.122. The van der Waals surface area contributed by atoms with E-state index in [0.29, 0.717) is 37.1 Å². The first-order chi connectivity index (χ1) is 11.6. The maximum absolute atomic E-state index is 12.6. The summed E-state index contributed by atoms with van der Waals surface area (Å²) in [6, 6.07) is 4.98. The van der Waals surface area contributed by atoms with Crippen molar-refractivity contribution < 1.29 is 24.4 Å². The molecule has 2 amide bonds. The van der Waals surface area contributed by atoms with Gasteiger partial charge in [-0.1, -0.05) is 12.1 Å². The Morgan fingerprint density at radius 1 is 1.28 bits per heavy atom. The summed E-state index contributed by atoms with van der Waals surface area (Å²) in [5.74, 6) is -0.101. The molecule has 2 aliphatic heterocycles. The second-order valence-corrected chi connectivity index (χ2v) is 7.68. The molecule has 1 spiro atoms. The van der Waals surface area contributed by atoms with Gasteiger partial charge in [-0.3, -0.25) is 4.79 Å². The minimum atomic E-state index is -1.58. The largest absolute Gasteiger partial charge is 0.488 e. The Balaban J connectivity index is 1.78. The van der Waals surface area contributed by atoms with Crippen LogP contribution in [0.25, 0.3) is 0 Å². The fourth-order valence-corrected chi connectivity index (χ4v) is 3.50. The molecule has 3 rings (SSSR count). The zero-order valence-corrected chi connectivity index (χ0v) is 14.7. The van der Waals surface area contributed by atoms with Gasteiger partial charge in [0.05, 0.1) is 5.41 Å². The van der Waals surface area contributed by atoms with Crippen molar-refractivity contribution in [1.82, 2.24) is 4.90 Å².